The van der Waals surface area contributed by atoms with Gasteiger partial charge in [0, 0.05) is 11.8 Å². The van der Waals surface area contributed by atoms with E-state index in [0.29, 0.717) is 11.4 Å². The van der Waals surface area contributed by atoms with E-state index < -0.39 is 22.0 Å². The molecule has 7 nitrogen and oxygen atoms in total. The summed E-state index contributed by atoms with van der Waals surface area (Å²) in [6.07, 6.45) is 0. The number of hydrogen-bond acceptors (Lipinski definition) is 5. The summed E-state index contributed by atoms with van der Waals surface area (Å²) < 4.78 is 37.8. The first-order valence-electron chi connectivity index (χ1n) is 8.31. The zero-order valence-electron chi connectivity index (χ0n) is 16.0. The highest BCUT2D eigenvalue weighted by molar-refractivity contribution is 7.89. The highest BCUT2D eigenvalue weighted by atomic mass is 32.2. The van der Waals surface area contributed by atoms with Crippen molar-refractivity contribution in [2.45, 2.75) is 31.7 Å². The lowest BCUT2D eigenvalue weighted by molar-refractivity contribution is -0.117. The molecule has 0 radical (unpaired) electrons. The molecule has 0 aliphatic heterocycles. The third kappa shape index (κ3) is 4.78. The molecule has 0 aliphatic carbocycles. The number of ether oxygens (including phenoxy) is 2. The molecule has 146 valence electrons. The Kier molecular flexibility index (Phi) is 6.45. The molecule has 1 unspecified atom stereocenters. The Hall–Kier alpha value is -2.58. The molecule has 2 aromatic carbocycles. The molecular weight excluding hydrogens is 368 g/mol. The lowest BCUT2D eigenvalue weighted by Gasteiger charge is -2.17. The summed E-state index contributed by atoms with van der Waals surface area (Å²) >= 11 is 0. The fraction of sp³-hybridized carbons (Fsp3) is 0.316. The van der Waals surface area contributed by atoms with Crippen LogP contribution in [0.4, 0.5) is 5.69 Å². The summed E-state index contributed by atoms with van der Waals surface area (Å²) in [4.78, 5) is 12.4. The number of aryl methyl sites for hydroxylation is 1. The first kappa shape index (κ1) is 20.7. The summed E-state index contributed by atoms with van der Waals surface area (Å²) in [6, 6.07) is 8.80. The van der Waals surface area contributed by atoms with Crippen molar-refractivity contribution in [3.05, 3.63) is 47.5 Å². The molecule has 0 heterocycles. The lowest BCUT2D eigenvalue weighted by atomic mass is 10.1. The summed E-state index contributed by atoms with van der Waals surface area (Å²) in [5.74, 6) is 0.248. The number of hydrogen-bond donors (Lipinski definition) is 2. The highest BCUT2D eigenvalue weighted by Crippen LogP contribution is 2.29. The quantitative estimate of drug-likeness (QED) is 0.755. The van der Waals surface area contributed by atoms with Crippen LogP contribution in [0.1, 0.15) is 18.1 Å². The lowest BCUT2D eigenvalue weighted by Crippen LogP contribution is -2.41. The smallest absolute Gasteiger partial charge is 0.242 e. The van der Waals surface area contributed by atoms with E-state index in [2.05, 4.69) is 10.0 Å². The first-order valence-corrected chi connectivity index (χ1v) is 9.79. The van der Waals surface area contributed by atoms with Gasteiger partial charge in [-0.25, -0.2) is 8.42 Å². The van der Waals surface area contributed by atoms with Gasteiger partial charge in [-0.15, -0.1) is 0 Å². The van der Waals surface area contributed by atoms with Crippen LogP contribution in [0.25, 0.3) is 0 Å². The maximum Gasteiger partial charge on any atom is 0.242 e. The Balaban J connectivity index is 2.17. The van der Waals surface area contributed by atoms with Crippen molar-refractivity contribution in [3.63, 3.8) is 0 Å². The third-order valence-corrected chi connectivity index (χ3v) is 5.79. The van der Waals surface area contributed by atoms with E-state index in [4.69, 9.17) is 9.47 Å². The fourth-order valence-corrected chi connectivity index (χ4v) is 3.68. The minimum absolute atomic E-state index is 0.0217. The SMILES string of the molecule is COc1ccc(S(=O)(=O)NC(C)C(=O)Nc2cccc(C)c2C)cc1OC. The van der Waals surface area contributed by atoms with Gasteiger partial charge >= 0.3 is 0 Å². The zero-order chi connectivity index (χ0) is 20.2. The van der Waals surface area contributed by atoms with Crippen LogP contribution >= 0.6 is 0 Å². The molecule has 0 saturated heterocycles. The Morgan fingerprint density at radius 3 is 2.33 bits per heavy atom. The number of anilines is 1. The molecule has 2 N–H and O–H groups in total. The first-order chi connectivity index (χ1) is 12.7. The normalized spacial score (nSPS) is 12.3. The molecule has 0 bridgehead atoms. The Bertz CT molecular complexity index is 941. The van der Waals surface area contributed by atoms with Crippen LogP contribution in [0.3, 0.4) is 0 Å². The van der Waals surface area contributed by atoms with E-state index in [0.717, 1.165) is 11.1 Å². The van der Waals surface area contributed by atoms with Crippen LogP contribution < -0.4 is 19.5 Å². The second-order valence-electron chi connectivity index (χ2n) is 6.10. The minimum atomic E-state index is -3.92. The van der Waals surface area contributed by atoms with Crippen molar-refractivity contribution in [1.82, 2.24) is 4.72 Å². The predicted molar refractivity (Wildman–Crippen MR) is 104 cm³/mol. The van der Waals surface area contributed by atoms with E-state index >= 15 is 0 Å². The molecule has 0 fully saturated rings. The topological polar surface area (TPSA) is 93.7 Å². The molecule has 27 heavy (non-hydrogen) atoms. The van der Waals surface area contributed by atoms with Crippen LogP contribution in [0.15, 0.2) is 41.3 Å². The number of amides is 1. The van der Waals surface area contributed by atoms with E-state index in [-0.39, 0.29) is 10.6 Å². The molecule has 0 aromatic heterocycles. The number of benzene rings is 2. The summed E-state index contributed by atoms with van der Waals surface area (Å²) in [5.41, 5.74) is 2.62. The number of carbonyl (C=O) groups excluding carboxylic acids is 1. The van der Waals surface area contributed by atoms with Crippen LogP contribution in [0.5, 0.6) is 11.5 Å². The fourth-order valence-electron chi connectivity index (χ4n) is 2.47. The number of nitrogens with one attached hydrogen (secondary N) is 2. The van der Waals surface area contributed by atoms with Crippen molar-refractivity contribution in [2.75, 3.05) is 19.5 Å². The van der Waals surface area contributed by atoms with Gasteiger partial charge in [0.1, 0.15) is 0 Å². The summed E-state index contributed by atoms with van der Waals surface area (Å²) in [6.45, 7) is 5.32. The van der Waals surface area contributed by atoms with E-state index in [1.54, 1.807) is 6.07 Å². The van der Waals surface area contributed by atoms with Crippen molar-refractivity contribution in [1.29, 1.82) is 0 Å². The molecule has 2 rings (SSSR count). The van der Waals surface area contributed by atoms with Gasteiger partial charge in [-0.1, -0.05) is 12.1 Å². The average molecular weight is 392 g/mol. The van der Waals surface area contributed by atoms with Gasteiger partial charge in [-0.3, -0.25) is 4.79 Å². The molecule has 0 saturated carbocycles. The van der Waals surface area contributed by atoms with E-state index in [1.807, 2.05) is 26.0 Å². The van der Waals surface area contributed by atoms with Crippen LogP contribution in [-0.4, -0.2) is 34.6 Å². The zero-order valence-corrected chi connectivity index (χ0v) is 16.8. The Morgan fingerprint density at radius 1 is 1.04 bits per heavy atom. The Labute approximate surface area is 159 Å². The van der Waals surface area contributed by atoms with Crippen LogP contribution in [-0.2, 0) is 14.8 Å². The van der Waals surface area contributed by atoms with Crippen molar-refractivity contribution in [3.8, 4) is 11.5 Å². The second kappa shape index (κ2) is 8.41. The second-order valence-corrected chi connectivity index (χ2v) is 7.81. The standard InChI is InChI=1S/C19H24N2O5S/c1-12-7-6-8-16(13(12)2)20-19(22)14(3)21-27(23,24)15-9-10-17(25-4)18(11-15)26-5/h6-11,14,21H,1-5H3,(H,20,22). The minimum Gasteiger partial charge on any atom is -0.493 e. The van der Waals surface area contributed by atoms with Gasteiger partial charge in [0.15, 0.2) is 11.5 Å². The van der Waals surface area contributed by atoms with Crippen molar-refractivity contribution in [2.24, 2.45) is 0 Å². The van der Waals surface area contributed by atoms with Gasteiger partial charge in [0.25, 0.3) is 0 Å². The summed E-state index contributed by atoms with van der Waals surface area (Å²) in [7, 11) is -1.04. The van der Waals surface area contributed by atoms with Crippen LogP contribution in [0.2, 0.25) is 0 Å². The van der Waals surface area contributed by atoms with E-state index in [1.165, 1.54) is 39.3 Å². The number of sulfonamides is 1. The molecule has 1 amide bonds. The molecule has 1 atom stereocenters. The van der Waals surface area contributed by atoms with Crippen molar-refractivity contribution < 1.29 is 22.7 Å². The predicted octanol–water partition coefficient (Wildman–Crippen LogP) is 2.63. The average Bonchev–Trinajstić information content (AvgIpc) is 2.64. The largest absolute Gasteiger partial charge is 0.493 e. The molecule has 8 heteroatoms. The molecule has 0 spiro atoms. The Morgan fingerprint density at radius 2 is 1.70 bits per heavy atom. The number of methoxy groups -OCH3 is 2. The summed E-state index contributed by atoms with van der Waals surface area (Å²) in [5, 5.41) is 2.76. The highest BCUT2D eigenvalue weighted by Gasteiger charge is 2.23. The van der Waals surface area contributed by atoms with Crippen molar-refractivity contribution >= 4 is 21.6 Å². The maximum absolute atomic E-state index is 12.6. The number of rotatable bonds is 7. The van der Waals surface area contributed by atoms with Gasteiger partial charge < -0.3 is 14.8 Å². The van der Waals surface area contributed by atoms with Crippen LogP contribution in [0, 0.1) is 13.8 Å². The van der Waals surface area contributed by atoms with Gasteiger partial charge in [-0.05, 0) is 50.1 Å². The van der Waals surface area contributed by atoms with Gasteiger partial charge in [0.2, 0.25) is 15.9 Å². The number of carbonyl (C=O) groups is 1. The molecule has 0 aliphatic rings. The monoisotopic (exact) mass is 392 g/mol. The van der Waals surface area contributed by atoms with Gasteiger partial charge in [0.05, 0.1) is 25.2 Å². The third-order valence-electron chi connectivity index (χ3n) is 4.25. The van der Waals surface area contributed by atoms with Gasteiger partial charge in [-0.2, -0.15) is 4.72 Å². The molecule has 2 aromatic rings. The van der Waals surface area contributed by atoms with E-state index in [9.17, 15) is 13.2 Å². The maximum atomic E-state index is 12.6. The molecular formula is C19H24N2O5S.